The number of halogens is 1. The minimum absolute atomic E-state index is 1.03. The zero-order valence-corrected chi connectivity index (χ0v) is 9.75. The van der Waals surface area contributed by atoms with Crippen LogP contribution in [0.2, 0.25) is 0 Å². The predicted molar refractivity (Wildman–Crippen MR) is 60.7 cm³/mol. The fourth-order valence-corrected chi connectivity index (χ4v) is 2.02. The second-order valence-electron chi connectivity index (χ2n) is 3.36. The fourth-order valence-electron chi connectivity index (χ4n) is 1.35. The van der Waals surface area contributed by atoms with Crippen molar-refractivity contribution < 1.29 is 0 Å². The van der Waals surface area contributed by atoms with Crippen LogP contribution in [-0.4, -0.2) is 9.78 Å². The van der Waals surface area contributed by atoms with E-state index in [1.807, 2.05) is 23.9 Å². The third-order valence-electron chi connectivity index (χ3n) is 2.07. The second-order valence-corrected chi connectivity index (χ2v) is 4.21. The summed E-state index contributed by atoms with van der Waals surface area (Å²) in [6.45, 7) is 4.06. The van der Waals surface area contributed by atoms with Crippen molar-refractivity contribution in [3.63, 3.8) is 0 Å². The van der Waals surface area contributed by atoms with E-state index in [0.717, 1.165) is 15.9 Å². The molecule has 3 heteroatoms. The molecule has 0 spiro atoms. The van der Waals surface area contributed by atoms with Gasteiger partial charge in [0.05, 0.1) is 11.4 Å². The van der Waals surface area contributed by atoms with Crippen molar-refractivity contribution in [3.05, 3.63) is 46.2 Å². The van der Waals surface area contributed by atoms with E-state index < -0.39 is 0 Å². The minimum Gasteiger partial charge on any atom is -0.240 e. The van der Waals surface area contributed by atoms with Crippen molar-refractivity contribution in [3.8, 4) is 5.69 Å². The lowest BCUT2D eigenvalue weighted by atomic mass is 10.2. The molecule has 0 aliphatic heterocycles. The summed E-state index contributed by atoms with van der Waals surface area (Å²) in [5.74, 6) is 0. The van der Waals surface area contributed by atoms with Gasteiger partial charge in [-0.05, 0) is 53.5 Å². The molecular formula is C11H11BrN2. The van der Waals surface area contributed by atoms with Gasteiger partial charge in [-0.15, -0.1) is 0 Å². The molecule has 1 aromatic carbocycles. The number of rotatable bonds is 1. The first-order valence-electron chi connectivity index (χ1n) is 4.45. The van der Waals surface area contributed by atoms with E-state index in [4.69, 9.17) is 0 Å². The molecule has 1 heterocycles. The Balaban J connectivity index is 2.52. The number of aromatic nitrogens is 2. The van der Waals surface area contributed by atoms with Gasteiger partial charge in [-0.3, -0.25) is 0 Å². The number of benzene rings is 1. The molecule has 0 bridgehead atoms. The van der Waals surface area contributed by atoms with Crippen LogP contribution in [0.3, 0.4) is 0 Å². The largest absolute Gasteiger partial charge is 0.240 e. The number of hydrogen-bond donors (Lipinski definition) is 0. The molecule has 0 N–H and O–H groups in total. The topological polar surface area (TPSA) is 17.8 Å². The predicted octanol–water partition coefficient (Wildman–Crippen LogP) is 3.25. The van der Waals surface area contributed by atoms with Crippen molar-refractivity contribution in [2.75, 3.05) is 0 Å². The third-order valence-corrected chi connectivity index (χ3v) is 2.71. The van der Waals surface area contributed by atoms with Crippen molar-refractivity contribution in [2.45, 2.75) is 13.8 Å². The molecular weight excluding hydrogens is 240 g/mol. The fraction of sp³-hybridized carbons (Fsp3) is 0.182. The molecule has 0 saturated heterocycles. The minimum atomic E-state index is 1.03. The van der Waals surface area contributed by atoms with E-state index in [1.165, 1.54) is 5.56 Å². The van der Waals surface area contributed by atoms with Crippen molar-refractivity contribution >= 4 is 15.9 Å². The van der Waals surface area contributed by atoms with Crippen molar-refractivity contribution in [1.82, 2.24) is 9.78 Å². The van der Waals surface area contributed by atoms with Crippen LogP contribution in [0.1, 0.15) is 11.3 Å². The van der Waals surface area contributed by atoms with Gasteiger partial charge < -0.3 is 0 Å². The molecule has 0 saturated carbocycles. The van der Waals surface area contributed by atoms with E-state index >= 15 is 0 Å². The highest BCUT2D eigenvalue weighted by molar-refractivity contribution is 9.10. The SMILES string of the molecule is Cc1ccc(-n2ccc(C)n2)c(Br)c1. The summed E-state index contributed by atoms with van der Waals surface area (Å²) in [6, 6.07) is 8.22. The lowest BCUT2D eigenvalue weighted by Crippen LogP contribution is -1.96. The van der Waals surface area contributed by atoms with Gasteiger partial charge in [0.25, 0.3) is 0 Å². The smallest absolute Gasteiger partial charge is 0.0787 e. The van der Waals surface area contributed by atoms with Crippen LogP contribution in [0.5, 0.6) is 0 Å². The van der Waals surface area contributed by atoms with Crippen LogP contribution in [0.4, 0.5) is 0 Å². The Morgan fingerprint density at radius 1 is 1.21 bits per heavy atom. The number of nitrogens with zero attached hydrogens (tertiary/aromatic N) is 2. The molecule has 0 aliphatic rings. The molecule has 14 heavy (non-hydrogen) atoms. The van der Waals surface area contributed by atoms with Gasteiger partial charge in [0.1, 0.15) is 0 Å². The maximum Gasteiger partial charge on any atom is 0.0787 e. The zero-order valence-electron chi connectivity index (χ0n) is 8.16. The third kappa shape index (κ3) is 1.73. The average Bonchev–Trinajstić information content (AvgIpc) is 2.51. The van der Waals surface area contributed by atoms with Gasteiger partial charge in [0.2, 0.25) is 0 Å². The summed E-state index contributed by atoms with van der Waals surface area (Å²) < 4.78 is 2.94. The summed E-state index contributed by atoms with van der Waals surface area (Å²) >= 11 is 3.53. The zero-order chi connectivity index (χ0) is 10.1. The molecule has 0 atom stereocenters. The molecule has 0 fully saturated rings. The molecule has 2 nitrogen and oxygen atoms in total. The van der Waals surface area contributed by atoms with Gasteiger partial charge >= 0.3 is 0 Å². The van der Waals surface area contributed by atoms with E-state index in [0.29, 0.717) is 0 Å². The standard InChI is InChI=1S/C11H11BrN2/c1-8-3-4-11(10(12)7-8)14-6-5-9(2)13-14/h3-7H,1-2H3. The average molecular weight is 251 g/mol. The van der Waals surface area contributed by atoms with Crippen LogP contribution >= 0.6 is 15.9 Å². The Hall–Kier alpha value is -1.09. The highest BCUT2D eigenvalue weighted by Gasteiger charge is 2.02. The molecule has 0 aliphatic carbocycles. The van der Waals surface area contributed by atoms with Crippen LogP contribution in [0.15, 0.2) is 34.9 Å². The summed E-state index contributed by atoms with van der Waals surface area (Å²) in [4.78, 5) is 0. The van der Waals surface area contributed by atoms with Gasteiger partial charge in [0, 0.05) is 10.7 Å². The Bertz CT molecular complexity index is 460. The molecule has 0 radical (unpaired) electrons. The van der Waals surface area contributed by atoms with Gasteiger partial charge in [-0.25, -0.2) is 4.68 Å². The van der Waals surface area contributed by atoms with Gasteiger partial charge in [-0.2, -0.15) is 5.10 Å². The van der Waals surface area contributed by atoms with Gasteiger partial charge in [-0.1, -0.05) is 6.07 Å². The van der Waals surface area contributed by atoms with E-state index in [9.17, 15) is 0 Å². The molecule has 2 rings (SSSR count). The van der Waals surface area contributed by atoms with Gasteiger partial charge in [0.15, 0.2) is 0 Å². The van der Waals surface area contributed by atoms with Crippen molar-refractivity contribution in [1.29, 1.82) is 0 Å². The highest BCUT2D eigenvalue weighted by Crippen LogP contribution is 2.21. The molecule has 72 valence electrons. The normalized spacial score (nSPS) is 10.5. The number of hydrogen-bond acceptors (Lipinski definition) is 1. The summed E-state index contributed by atoms with van der Waals surface area (Å²) in [6.07, 6.45) is 1.96. The highest BCUT2D eigenvalue weighted by atomic mass is 79.9. The van der Waals surface area contributed by atoms with Crippen LogP contribution < -0.4 is 0 Å². The first kappa shape index (κ1) is 9.46. The van der Waals surface area contributed by atoms with Crippen molar-refractivity contribution in [2.24, 2.45) is 0 Å². The molecule has 0 unspecified atom stereocenters. The molecule has 0 amide bonds. The first-order chi connectivity index (χ1) is 6.66. The second kappa shape index (κ2) is 3.58. The molecule has 1 aromatic heterocycles. The maximum absolute atomic E-state index is 4.36. The maximum atomic E-state index is 4.36. The Kier molecular flexibility index (Phi) is 2.42. The summed E-state index contributed by atoms with van der Waals surface area (Å²) in [5, 5.41) is 4.36. The summed E-state index contributed by atoms with van der Waals surface area (Å²) in [5.41, 5.74) is 3.34. The Morgan fingerprint density at radius 3 is 2.57 bits per heavy atom. The van der Waals surface area contributed by atoms with Crippen LogP contribution in [0, 0.1) is 13.8 Å². The van der Waals surface area contributed by atoms with Crippen LogP contribution in [0.25, 0.3) is 5.69 Å². The monoisotopic (exact) mass is 250 g/mol. The van der Waals surface area contributed by atoms with E-state index in [1.54, 1.807) is 0 Å². The number of aryl methyl sites for hydroxylation is 2. The molecule has 2 aromatic rings. The first-order valence-corrected chi connectivity index (χ1v) is 5.25. The Labute approximate surface area is 91.7 Å². The lowest BCUT2D eigenvalue weighted by Gasteiger charge is -2.04. The summed E-state index contributed by atoms with van der Waals surface area (Å²) in [7, 11) is 0. The Morgan fingerprint density at radius 2 is 2.00 bits per heavy atom. The van der Waals surface area contributed by atoms with E-state index in [2.05, 4.69) is 46.2 Å². The quantitative estimate of drug-likeness (QED) is 0.760. The van der Waals surface area contributed by atoms with E-state index in [-0.39, 0.29) is 0 Å². The lowest BCUT2D eigenvalue weighted by molar-refractivity contribution is 0.858. The van der Waals surface area contributed by atoms with Crippen LogP contribution in [-0.2, 0) is 0 Å².